The van der Waals surface area contributed by atoms with Crippen molar-refractivity contribution in [1.82, 2.24) is 0 Å². The van der Waals surface area contributed by atoms with Crippen molar-refractivity contribution < 1.29 is 31.9 Å². The second-order valence-corrected chi connectivity index (χ2v) is 6.29. The van der Waals surface area contributed by atoms with Crippen molar-refractivity contribution in [3.8, 4) is 5.75 Å². The Labute approximate surface area is 156 Å². The maximum absolute atomic E-state index is 12.9. The van der Waals surface area contributed by atoms with E-state index in [-0.39, 0.29) is 16.9 Å². The van der Waals surface area contributed by atoms with Crippen molar-refractivity contribution in [2.24, 2.45) is 0 Å². The van der Waals surface area contributed by atoms with Crippen molar-refractivity contribution >= 4 is 16.9 Å². The van der Waals surface area contributed by atoms with Crippen LogP contribution in [0.5, 0.6) is 5.75 Å². The average molecular weight is 390 g/mol. The van der Waals surface area contributed by atoms with Gasteiger partial charge in [0.05, 0.1) is 29.5 Å². The summed E-state index contributed by atoms with van der Waals surface area (Å²) in [5.41, 5.74) is -0.887. The van der Waals surface area contributed by atoms with E-state index in [0.717, 1.165) is 12.1 Å². The number of ether oxygens (including phenoxy) is 2. The standard InChI is InChI=1S/C20H13F3O5/c1-26-19(25)17-14(10-6-8-11(9-7-10)20(21,22)23)15-16(28-17)12-4-2-3-5-13(12)27-18(15)24/h2-9,14,17H,1H3. The molecule has 3 aromatic rings. The van der Waals surface area contributed by atoms with E-state index in [9.17, 15) is 22.8 Å². The first-order valence-corrected chi connectivity index (χ1v) is 8.28. The predicted molar refractivity (Wildman–Crippen MR) is 92.2 cm³/mol. The molecule has 1 aromatic heterocycles. The number of carbonyl (C=O) groups is 1. The second-order valence-electron chi connectivity index (χ2n) is 6.29. The molecular weight excluding hydrogens is 377 g/mol. The van der Waals surface area contributed by atoms with E-state index < -0.39 is 35.4 Å². The largest absolute Gasteiger partial charge is 0.476 e. The highest BCUT2D eigenvalue weighted by Crippen LogP contribution is 2.45. The van der Waals surface area contributed by atoms with Crippen LogP contribution in [0.2, 0.25) is 0 Å². The van der Waals surface area contributed by atoms with Gasteiger partial charge < -0.3 is 13.9 Å². The fourth-order valence-corrected chi connectivity index (χ4v) is 3.40. The zero-order chi connectivity index (χ0) is 20.1. The van der Waals surface area contributed by atoms with Gasteiger partial charge in [0, 0.05) is 0 Å². The number of esters is 1. The molecule has 144 valence electrons. The van der Waals surface area contributed by atoms with Crippen LogP contribution < -0.4 is 10.4 Å². The van der Waals surface area contributed by atoms with Gasteiger partial charge >= 0.3 is 17.8 Å². The lowest BCUT2D eigenvalue weighted by Crippen LogP contribution is -2.31. The molecule has 2 unspecified atom stereocenters. The normalized spacial score (nSPS) is 18.6. The predicted octanol–water partition coefficient (Wildman–Crippen LogP) is 3.88. The van der Waals surface area contributed by atoms with Gasteiger partial charge in [-0.25, -0.2) is 9.59 Å². The maximum Gasteiger partial charge on any atom is 0.416 e. The monoisotopic (exact) mass is 390 g/mol. The number of hydrogen-bond donors (Lipinski definition) is 0. The molecule has 0 N–H and O–H groups in total. The summed E-state index contributed by atoms with van der Waals surface area (Å²) in [6, 6.07) is 10.9. The summed E-state index contributed by atoms with van der Waals surface area (Å²) in [7, 11) is 1.17. The van der Waals surface area contributed by atoms with Gasteiger partial charge in [0.25, 0.3) is 0 Å². The molecule has 0 fully saturated rings. The van der Waals surface area contributed by atoms with Crippen LogP contribution in [0.4, 0.5) is 13.2 Å². The Hall–Kier alpha value is -3.29. The van der Waals surface area contributed by atoms with Gasteiger partial charge in [0.2, 0.25) is 6.10 Å². The Morgan fingerprint density at radius 3 is 2.39 bits per heavy atom. The number of carbonyl (C=O) groups excluding carboxylic acids is 1. The fourth-order valence-electron chi connectivity index (χ4n) is 3.40. The Bertz CT molecular complexity index is 1120. The maximum atomic E-state index is 12.9. The molecule has 0 saturated heterocycles. The Kier molecular flexibility index (Phi) is 4.14. The minimum atomic E-state index is -4.50. The molecule has 0 spiro atoms. The third kappa shape index (κ3) is 2.81. The van der Waals surface area contributed by atoms with Gasteiger partial charge in [-0.1, -0.05) is 24.3 Å². The smallest absolute Gasteiger partial charge is 0.416 e. The van der Waals surface area contributed by atoms with Gasteiger partial charge in [0.1, 0.15) is 11.3 Å². The van der Waals surface area contributed by atoms with Gasteiger partial charge in [-0.05, 0) is 29.8 Å². The van der Waals surface area contributed by atoms with Crippen molar-refractivity contribution in [3.05, 3.63) is 75.6 Å². The lowest BCUT2D eigenvalue weighted by molar-refractivity contribution is -0.148. The SMILES string of the molecule is COC(=O)C1Oc2c(c(=O)oc3ccccc23)C1c1ccc(C(F)(F)F)cc1. The molecule has 28 heavy (non-hydrogen) atoms. The number of halogens is 3. The third-order valence-electron chi connectivity index (χ3n) is 4.69. The summed E-state index contributed by atoms with van der Waals surface area (Å²) >= 11 is 0. The highest BCUT2D eigenvalue weighted by Gasteiger charge is 2.45. The van der Waals surface area contributed by atoms with E-state index in [4.69, 9.17) is 13.9 Å². The minimum Gasteiger partial charge on any atom is -0.476 e. The van der Waals surface area contributed by atoms with E-state index in [0.29, 0.717) is 10.9 Å². The molecule has 2 atom stereocenters. The average Bonchev–Trinajstić information content (AvgIpc) is 3.08. The molecule has 2 aromatic carbocycles. The molecule has 5 nitrogen and oxygen atoms in total. The number of benzene rings is 2. The molecule has 0 amide bonds. The molecule has 2 heterocycles. The number of fused-ring (bicyclic) bond motifs is 3. The molecule has 0 aliphatic carbocycles. The molecule has 0 saturated carbocycles. The van der Waals surface area contributed by atoms with Gasteiger partial charge in [0.15, 0.2) is 0 Å². The number of hydrogen-bond acceptors (Lipinski definition) is 5. The highest BCUT2D eigenvalue weighted by atomic mass is 19.4. The van der Waals surface area contributed by atoms with Crippen molar-refractivity contribution in [2.75, 3.05) is 7.11 Å². The summed E-state index contributed by atoms with van der Waals surface area (Å²) in [5.74, 6) is -1.53. The second kappa shape index (κ2) is 6.40. The Morgan fingerprint density at radius 2 is 1.75 bits per heavy atom. The third-order valence-corrected chi connectivity index (χ3v) is 4.69. The summed E-state index contributed by atoms with van der Waals surface area (Å²) in [6.07, 6.45) is -5.72. The number of rotatable bonds is 2. The van der Waals surface area contributed by atoms with Crippen LogP contribution in [-0.4, -0.2) is 19.2 Å². The highest BCUT2D eigenvalue weighted by molar-refractivity contribution is 5.88. The van der Waals surface area contributed by atoms with Crippen molar-refractivity contribution in [3.63, 3.8) is 0 Å². The molecule has 4 rings (SSSR count). The lowest BCUT2D eigenvalue weighted by atomic mass is 9.88. The first-order valence-electron chi connectivity index (χ1n) is 8.28. The Morgan fingerprint density at radius 1 is 1.07 bits per heavy atom. The van der Waals surface area contributed by atoms with Crippen LogP contribution in [0.25, 0.3) is 11.0 Å². The van der Waals surface area contributed by atoms with Crippen LogP contribution in [0.1, 0.15) is 22.6 Å². The number of alkyl halides is 3. The summed E-state index contributed by atoms with van der Waals surface area (Å²) in [4.78, 5) is 24.9. The van der Waals surface area contributed by atoms with Gasteiger partial charge in [-0.3, -0.25) is 0 Å². The van der Waals surface area contributed by atoms with Crippen molar-refractivity contribution in [2.45, 2.75) is 18.2 Å². The first-order chi connectivity index (χ1) is 13.3. The van der Waals surface area contributed by atoms with E-state index in [2.05, 4.69) is 0 Å². The van der Waals surface area contributed by atoms with Crippen LogP contribution in [0.3, 0.4) is 0 Å². The quantitative estimate of drug-likeness (QED) is 0.491. The molecule has 1 aliphatic heterocycles. The zero-order valence-electron chi connectivity index (χ0n) is 14.4. The molecular formula is C20H13F3O5. The van der Waals surface area contributed by atoms with E-state index in [1.54, 1.807) is 24.3 Å². The van der Waals surface area contributed by atoms with E-state index in [1.807, 2.05) is 0 Å². The molecule has 0 bridgehead atoms. The zero-order valence-corrected chi connectivity index (χ0v) is 14.4. The number of methoxy groups -OCH3 is 1. The topological polar surface area (TPSA) is 65.7 Å². The van der Waals surface area contributed by atoms with E-state index >= 15 is 0 Å². The summed E-state index contributed by atoms with van der Waals surface area (Å²) in [6.45, 7) is 0. The van der Waals surface area contributed by atoms with E-state index in [1.165, 1.54) is 19.2 Å². The van der Waals surface area contributed by atoms with Gasteiger partial charge in [-0.15, -0.1) is 0 Å². The Balaban J connectivity index is 1.91. The summed E-state index contributed by atoms with van der Waals surface area (Å²) < 4.78 is 54.5. The molecule has 1 aliphatic rings. The summed E-state index contributed by atoms with van der Waals surface area (Å²) in [5, 5.41) is 0.486. The van der Waals surface area contributed by atoms with Gasteiger partial charge in [-0.2, -0.15) is 13.2 Å². The molecule has 0 radical (unpaired) electrons. The molecule has 8 heteroatoms. The van der Waals surface area contributed by atoms with Crippen LogP contribution in [-0.2, 0) is 15.7 Å². The first kappa shape index (κ1) is 18.1. The van der Waals surface area contributed by atoms with Crippen LogP contribution >= 0.6 is 0 Å². The number of para-hydroxylation sites is 1. The lowest BCUT2D eigenvalue weighted by Gasteiger charge is -2.17. The van der Waals surface area contributed by atoms with Crippen LogP contribution in [0, 0.1) is 0 Å². The van der Waals surface area contributed by atoms with Crippen LogP contribution in [0.15, 0.2) is 57.7 Å². The van der Waals surface area contributed by atoms with Crippen molar-refractivity contribution in [1.29, 1.82) is 0 Å². The minimum absolute atomic E-state index is 0.0776. The fraction of sp³-hybridized carbons (Fsp3) is 0.200.